The van der Waals surface area contributed by atoms with Crippen molar-refractivity contribution in [2.45, 2.75) is 26.7 Å². The molecule has 2 amide bonds. The predicted molar refractivity (Wildman–Crippen MR) is 96.3 cm³/mol. The molecule has 3 rings (SSSR count). The molecule has 0 bridgehead atoms. The van der Waals surface area contributed by atoms with Crippen LogP contribution in [0.3, 0.4) is 0 Å². The Kier molecular flexibility index (Phi) is 4.33. The Hall–Kier alpha value is -2.33. The molecule has 4 nitrogen and oxygen atoms in total. The molecular formula is C19H19ClN2O2. The third-order valence-corrected chi connectivity index (χ3v) is 4.45. The largest absolute Gasteiger partial charge is 0.325 e. The Labute approximate surface area is 146 Å². The van der Waals surface area contributed by atoms with Crippen molar-refractivity contribution in [1.82, 2.24) is 0 Å². The van der Waals surface area contributed by atoms with Crippen LogP contribution >= 0.6 is 11.6 Å². The second kappa shape index (κ2) is 6.29. The second-order valence-corrected chi connectivity index (χ2v) is 6.81. The van der Waals surface area contributed by atoms with Gasteiger partial charge in [-0.25, -0.2) is 0 Å². The summed E-state index contributed by atoms with van der Waals surface area (Å²) in [7, 11) is 0. The van der Waals surface area contributed by atoms with E-state index in [1.807, 2.05) is 32.0 Å². The number of hydrogen-bond donors (Lipinski definition) is 2. The highest BCUT2D eigenvalue weighted by atomic mass is 35.5. The van der Waals surface area contributed by atoms with Gasteiger partial charge in [0, 0.05) is 16.4 Å². The maximum Gasteiger partial charge on any atom is 0.240 e. The van der Waals surface area contributed by atoms with Gasteiger partial charge < -0.3 is 10.6 Å². The van der Waals surface area contributed by atoms with Crippen molar-refractivity contribution in [1.29, 1.82) is 0 Å². The van der Waals surface area contributed by atoms with Crippen LogP contribution in [0.1, 0.15) is 24.0 Å². The molecule has 1 aliphatic rings. The third-order valence-electron chi connectivity index (χ3n) is 4.20. The van der Waals surface area contributed by atoms with Crippen molar-refractivity contribution < 1.29 is 9.59 Å². The number of halogens is 1. The van der Waals surface area contributed by atoms with Gasteiger partial charge in [0.1, 0.15) is 5.41 Å². The molecule has 2 aromatic carbocycles. The number of aryl methyl sites for hydroxylation is 2. The lowest BCUT2D eigenvalue weighted by molar-refractivity contribution is -0.131. The maximum atomic E-state index is 12.6. The lowest BCUT2D eigenvalue weighted by Gasteiger charge is -2.16. The van der Waals surface area contributed by atoms with E-state index in [0.29, 0.717) is 23.6 Å². The molecule has 1 aliphatic carbocycles. The van der Waals surface area contributed by atoms with Gasteiger partial charge in [0.2, 0.25) is 11.8 Å². The standard InChI is InChI=1S/C19H19ClN2O2/c1-12-9-13(2)11-16(10-12)22-18(24)19(7-8-19)17(23)21-15-5-3-14(20)4-6-15/h3-6,9-11H,7-8H2,1-2H3,(H,21,23)(H,22,24). The Morgan fingerprint density at radius 1 is 0.875 bits per heavy atom. The summed E-state index contributed by atoms with van der Waals surface area (Å²) < 4.78 is 0. The first-order valence-corrected chi connectivity index (χ1v) is 8.24. The van der Waals surface area contributed by atoms with Crippen molar-refractivity contribution in [2.24, 2.45) is 5.41 Å². The van der Waals surface area contributed by atoms with Gasteiger partial charge in [-0.2, -0.15) is 0 Å². The van der Waals surface area contributed by atoms with Crippen LogP contribution in [0.5, 0.6) is 0 Å². The summed E-state index contributed by atoms with van der Waals surface area (Å²) in [5, 5.41) is 6.28. The summed E-state index contributed by atoms with van der Waals surface area (Å²) in [5.74, 6) is -0.523. The summed E-state index contributed by atoms with van der Waals surface area (Å²) in [5.41, 5.74) is 2.52. The summed E-state index contributed by atoms with van der Waals surface area (Å²) in [6.07, 6.45) is 1.12. The Morgan fingerprint density at radius 3 is 1.88 bits per heavy atom. The van der Waals surface area contributed by atoms with E-state index in [2.05, 4.69) is 10.6 Å². The first-order valence-electron chi connectivity index (χ1n) is 7.86. The molecule has 2 N–H and O–H groups in total. The molecule has 0 aromatic heterocycles. The van der Waals surface area contributed by atoms with Crippen molar-refractivity contribution in [3.05, 3.63) is 58.6 Å². The van der Waals surface area contributed by atoms with E-state index in [1.165, 1.54) is 0 Å². The summed E-state index contributed by atoms with van der Waals surface area (Å²) >= 11 is 5.84. The van der Waals surface area contributed by atoms with Crippen LogP contribution in [0.2, 0.25) is 5.02 Å². The molecule has 0 atom stereocenters. The smallest absolute Gasteiger partial charge is 0.240 e. The first-order chi connectivity index (χ1) is 11.4. The van der Waals surface area contributed by atoms with Gasteiger partial charge in [0.25, 0.3) is 0 Å². The third kappa shape index (κ3) is 3.44. The van der Waals surface area contributed by atoms with Crippen LogP contribution in [-0.4, -0.2) is 11.8 Å². The lowest BCUT2D eigenvalue weighted by Crippen LogP contribution is -2.35. The summed E-state index contributed by atoms with van der Waals surface area (Å²) in [6.45, 7) is 3.95. The minimum Gasteiger partial charge on any atom is -0.325 e. The predicted octanol–water partition coefficient (Wildman–Crippen LogP) is 4.31. The van der Waals surface area contributed by atoms with E-state index in [1.54, 1.807) is 24.3 Å². The average Bonchev–Trinajstić information content (AvgIpc) is 3.30. The second-order valence-electron chi connectivity index (χ2n) is 6.37. The van der Waals surface area contributed by atoms with Gasteiger partial charge >= 0.3 is 0 Å². The molecular weight excluding hydrogens is 324 g/mol. The fraction of sp³-hybridized carbons (Fsp3) is 0.263. The van der Waals surface area contributed by atoms with Gasteiger partial charge in [0.05, 0.1) is 0 Å². The summed E-state index contributed by atoms with van der Waals surface area (Å²) in [4.78, 5) is 25.2. The van der Waals surface area contributed by atoms with Crippen LogP contribution in [0.15, 0.2) is 42.5 Å². The van der Waals surface area contributed by atoms with Crippen LogP contribution < -0.4 is 10.6 Å². The van der Waals surface area contributed by atoms with Gasteiger partial charge in [0.15, 0.2) is 0 Å². The molecule has 1 saturated carbocycles. The topological polar surface area (TPSA) is 58.2 Å². The monoisotopic (exact) mass is 342 g/mol. The van der Waals surface area contributed by atoms with Crippen LogP contribution in [0, 0.1) is 19.3 Å². The zero-order valence-corrected chi connectivity index (χ0v) is 14.4. The molecule has 1 fully saturated rings. The van der Waals surface area contributed by atoms with E-state index in [4.69, 9.17) is 11.6 Å². The molecule has 0 radical (unpaired) electrons. The lowest BCUT2D eigenvalue weighted by atomic mass is 10.0. The van der Waals surface area contributed by atoms with Crippen molar-refractivity contribution in [3.63, 3.8) is 0 Å². The fourth-order valence-corrected chi connectivity index (χ4v) is 2.89. The first kappa shape index (κ1) is 16.5. The molecule has 2 aromatic rings. The molecule has 0 unspecified atom stereocenters. The van der Waals surface area contributed by atoms with Gasteiger partial charge in [-0.05, 0) is 74.2 Å². The van der Waals surface area contributed by atoms with Gasteiger partial charge in [-0.15, -0.1) is 0 Å². The minimum atomic E-state index is -0.975. The van der Waals surface area contributed by atoms with Crippen LogP contribution in [0.25, 0.3) is 0 Å². The molecule has 5 heteroatoms. The number of rotatable bonds is 4. The number of anilines is 2. The quantitative estimate of drug-likeness (QED) is 0.813. The minimum absolute atomic E-state index is 0.251. The molecule has 0 heterocycles. The van der Waals surface area contributed by atoms with E-state index < -0.39 is 5.41 Å². The van der Waals surface area contributed by atoms with E-state index in [0.717, 1.165) is 16.8 Å². The highest BCUT2D eigenvalue weighted by Crippen LogP contribution is 2.47. The summed E-state index contributed by atoms with van der Waals surface area (Å²) in [6, 6.07) is 12.7. The molecule has 124 valence electrons. The zero-order valence-electron chi connectivity index (χ0n) is 13.7. The zero-order chi connectivity index (χ0) is 17.3. The van der Waals surface area contributed by atoms with Crippen molar-refractivity contribution in [2.75, 3.05) is 10.6 Å². The molecule has 0 saturated heterocycles. The van der Waals surface area contributed by atoms with E-state index >= 15 is 0 Å². The number of nitrogens with one attached hydrogen (secondary N) is 2. The molecule has 0 aliphatic heterocycles. The van der Waals surface area contributed by atoms with Crippen LogP contribution in [0.4, 0.5) is 11.4 Å². The molecule has 24 heavy (non-hydrogen) atoms. The molecule has 0 spiro atoms. The SMILES string of the molecule is Cc1cc(C)cc(NC(=O)C2(C(=O)Nc3ccc(Cl)cc3)CC2)c1. The highest BCUT2D eigenvalue weighted by molar-refractivity contribution is 6.30. The number of carbonyl (C=O) groups excluding carboxylic acids is 2. The number of benzene rings is 2. The van der Waals surface area contributed by atoms with Crippen molar-refractivity contribution >= 4 is 34.8 Å². The van der Waals surface area contributed by atoms with E-state index in [-0.39, 0.29) is 11.8 Å². The number of hydrogen-bond acceptors (Lipinski definition) is 2. The van der Waals surface area contributed by atoms with E-state index in [9.17, 15) is 9.59 Å². The van der Waals surface area contributed by atoms with Crippen LogP contribution in [-0.2, 0) is 9.59 Å². The van der Waals surface area contributed by atoms with Gasteiger partial charge in [-0.3, -0.25) is 9.59 Å². The van der Waals surface area contributed by atoms with Crippen molar-refractivity contribution in [3.8, 4) is 0 Å². The Morgan fingerprint density at radius 2 is 1.38 bits per heavy atom. The highest BCUT2D eigenvalue weighted by Gasteiger charge is 2.56. The Bertz CT molecular complexity index is 775. The Balaban J connectivity index is 1.71. The maximum absolute atomic E-state index is 12.6. The van der Waals surface area contributed by atoms with Gasteiger partial charge in [-0.1, -0.05) is 17.7 Å². The normalized spacial score (nSPS) is 14.8. The fourth-order valence-electron chi connectivity index (χ4n) is 2.76. The average molecular weight is 343 g/mol. The number of carbonyl (C=O) groups is 2. The number of amides is 2.